The maximum absolute atomic E-state index is 12.9. The number of hydrogen-bond donors (Lipinski definition) is 5. The molecule has 5 rings (SSSR count). The van der Waals surface area contributed by atoms with Crippen LogP contribution in [0.25, 0.3) is 11.2 Å². The molecule has 1 unspecified atom stereocenters. The normalized spacial score (nSPS) is 25.9. The van der Waals surface area contributed by atoms with E-state index in [0.29, 0.717) is 0 Å². The molecule has 0 spiro atoms. The topological polar surface area (TPSA) is 262 Å². The number of imidazole rings is 1. The first-order valence-corrected chi connectivity index (χ1v) is 13.1. The zero-order valence-corrected chi connectivity index (χ0v) is 24.3. The fourth-order valence-corrected chi connectivity index (χ4v) is 5.56. The van der Waals surface area contributed by atoms with Crippen LogP contribution in [0.3, 0.4) is 0 Å². The van der Waals surface area contributed by atoms with Gasteiger partial charge in [0.15, 0.2) is 11.2 Å². The molecule has 40 heavy (non-hydrogen) atoms. The number of anilines is 1. The van der Waals surface area contributed by atoms with Gasteiger partial charge in [0.1, 0.15) is 30.8 Å². The minimum atomic E-state index is -4.84. The van der Waals surface area contributed by atoms with Crippen molar-refractivity contribution < 1.29 is 72.9 Å². The standard InChI is InChI=1S/C20H26N7O11P.Na/c1-9-10-3-20(5-29,35-8-27(10)19(32)25-16(9)30)6-36-39(33,34)38-11-2-13(37-12(11)4-28)26-7-22-14-15(26)23-18(21)24-17(14)31;/h7,11-13,28-29H,2-6,8H2,1H3,(H,33,34)(H,25,30,32)(H3,21,23,24,31);/q;+1/p-1/t11-,12+,13+,20+;/m0./s1. The van der Waals surface area contributed by atoms with Crippen LogP contribution >= 0.6 is 7.82 Å². The molecule has 0 aromatic carbocycles. The zero-order valence-electron chi connectivity index (χ0n) is 21.4. The van der Waals surface area contributed by atoms with E-state index in [4.69, 9.17) is 24.3 Å². The Balaban J connectivity index is 0.00000370. The fourth-order valence-electron chi connectivity index (χ4n) is 4.53. The van der Waals surface area contributed by atoms with E-state index in [1.165, 1.54) is 17.8 Å². The number of aromatic nitrogens is 6. The number of nitrogens with zero attached hydrogens (tertiary/aromatic N) is 5. The van der Waals surface area contributed by atoms with Gasteiger partial charge in [-0.2, -0.15) is 4.98 Å². The molecule has 1 saturated heterocycles. The van der Waals surface area contributed by atoms with Crippen molar-refractivity contribution in [1.29, 1.82) is 0 Å². The number of nitrogen functional groups attached to an aromatic ring is 1. The largest absolute Gasteiger partial charge is 1.00 e. The molecule has 6 N–H and O–H groups in total. The van der Waals surface area contributed by atoms with Crippen LogP contribution in [0.1, 0.15) is 23.9 Å². The average Bonchev–Trinajstić information content (AvgIpc) is 3.49. The Bertz CT molecular complexity index is 1580. The van der Waals surface area contributed by atoms with Gasteiger partial charge in [-0.1, -0.05) is 0 Å². The summed E-state index contributed by atoms with van der Waals surface area (Å²) >= 11 is 0. The van der Waals surface area contributed by atoms with E-state index in [2.05, 4.69) is 19.9 Å². The number of ether oxygens (including phenoxy) is 2. The van der Waals surface area contributed by atoms with Crippen molar-refractivity contribution in [3.05, 3.63) is 38.4 Å². The molecule has 2 aliphatic rings. The Morgan fingerprint density at radius 3 is 2.80 bits per heavy atom. The monoisotopic (exact) mass is 593 g/mol. The summed E-state index contributed by atoms with van der Waals surface area (Å²) in [4.78, 5) is 48.3. The van der Waals surface area contributed by atoms with Gasteiger partial charge < -0.3 is 35.4 Å². The van der Waals surface area contributed by atoms with Crippen LogP contribution in [-0.4, -0.2) is 81.8 Å². The van der Waals surface area contributed by atoms with Crippen molar-refractivity contribution in [3.8, 4) is 5.88 Å². The quantitative estimate of drug-likeness (QED) is 0.120. The third-order valence-electron chi connectivity index (χ3n) is 6.67. The minimum absolute atomic E-state index is 0. The average molecular weight is 593 g/mol. The summed E-state index contributed by atoms with van der Waals surface area (Å²) in [7, 11) is -4.84. The molecule has 0 radical (unpaired) electrons. The molecule has 0 saturated carbocycles. The predicted molar refractivity (Wildman–Crippen MR) is 126 cm³/mol. The van der Waals surface area contributed by atoms with Gasteiger partial charge in [-0.25, -0.2) is 19.3 Å². The molecule has 5 atom stereocenters. The maximum atomic E-state index is 12.9. The van der Waals surface area contributed by atoms with E-state index in [0.717, 1.165) is 4.57 Å². The van der Waals surface area contributed by atoms with Crippen LogP contribution in [0.4, 0.5) is 5.95 Å². The van der Waals surface area contributed by atoms with Crippen molar-refractivity contribution in [2.24, 2.45) is 0 Å². The van der Waals surface area contributed by atoms with E-state index in [9.17, 15) is 34.4 Å². The smallest absolute Gasteiger partial charge is 0.858 e. The Labute approximate surface area is 246 Å². The number of aromatic amines is 1. The molecule has 1 fully saturated rings. The number of aliphatic hydroxyl groups is 2. The second-order valence-electron chi connectivity index (χ2n) is 9.20. The Hall–Kier alpha value is -2.22. The van der Waals surface area contributed by atoms with Crippen molar-refractivity contribution >= 4 is 24.9 Å². The second kappa shape index (κ2) is 11.6. The predicted octanol–water partition coefficient (Wildman–Crippen LogP) is -5.61. The third kappa shape index (κ3) is 5.75. The van der Waals surface area contributed by atoms with Crippen molar-refractivity contribution in [1.82, 2.24) is 29.1 Å². The fraction of sp³-hybridized carbons (Fsp3) is 0.550. The molecule has 212 valence electrons. The van der Waals surface area contributed by atoms with E-state index in [1.54, 1.807) is 0 Å². The van der Waals surface area contributed by atoms with Crippen LogP contribution in [-0.2, 0) is 36.2 Å². The molecule has 2 aliphatic heterocycles. The Morgan fingerprint density at radius 1 is 1.35 bits per heavy atom. The number of aliphatic hydroxyl groups excluding tert-OH is 2. The van der Waals surface area contributed by atoms with Gasteiger partial charge in [0, 0.05) is 18.5 Å². The summed E-state index contributed by atoms with van der Waals surface area (Å²) in [5, 5.41) is 31.8. The third-order valence-corrected chi connectivity index (χ3v) is 7.66. The molecule has 0 bridgehead atoms. The number of rotatable bonds is 8. The Morgan fingerprint density at radius 2 is 2.10 bits per heavy atom. The summed E-state index contributed by atoms with van der Waals surface area (Å²) in [5.41, 5.74) is 3.20. The van der Waals surface area contributed by atoms with Gasteiger partial charge in [0.2, 0.25) is 5.95 Å². The molecule has 3 aromatic heterocycles. The van der Waals surface area contributed by atoms with Gasteiger partial charge >= 0.3 is 43.1 Å². The number of nitrogens with two attached hydrogens (primary N) is 1. The molecular formula is C20H25N7NaO11P. The van der Waals surface area contributed by atoms with Crippen LogP contribution in [0.5, 0.6) is 5.88 Å². The number of phosphoric ester groups is 1. The zero-order chi connectivity index (χ0) is 28.1. The first-order valence-electron chi connectivity index (χ1n) is 11.6. The molecule has 5 heterocycles. The molecule has 18 nitrogen and oxygen atoms in total. The second-order valence-corrected chi connectivity index (χ2v) is 10.6. The van der Waals surface area contributed by atoms with E-state index >= 15 is 0 Å². The molecule has 0 amide bonds. The van der Waals surface area contributed by atoms with E-state index < -0.39 is 68.8 Å². The van der Waals surface area contributed by atoms with Gasteiger partial charge in [-0.15, -0.1) is 0 Å². The SMILES string of the molecule is Cc1c([O-])nc(=O)n2c1C[C@@](CO)(COP(=O)(O)O[C@H]1C[C@H](n3cnc4c(=O)[nH]c(N)nc43)O[C@@H]1CO)OC2.[Na+]. The van der Waals surface area contributed by atoms with Crippen LogP contribution in [0.2, 0.25) is 0 Å². The summed E-state index contributed by atoms with van der Waals surface area (Å²) < 4.78 is 37.2. The minimum Gasteiger partial charge on any atom is -0.858 e. The van der Waals surface area contributed by atoms with Crippen LogP contribution < -0.4 is 51.6 Å². The van der Waals surface area contributed by atoms with E-state index in [-0.39, 0.29) is 77.5 Å². The summed E-state index contributed by atoms with van der Waals surface area (Å²) in [6, 6.07) is 0. The number of H-pyrrole nitrogens is 1. The van der Waals surface area contributed by atoms with Gasteiger partial charge in [0.25, 0.3) is 5.56 Å². The summed E-state index contributed by atoms with van der Waals surface area (Å²) in [5.74, 6) is -0.878. The van der Waals surface area contributed by atoms with Crippen LogP contribution in [0, 0.1) is 6.92 Å². The molecule has 20 heteroatoms. The molecular weight excluding hydrogens is 568 g/mol. The molecule has 3 aromatic rings. The van der Waals surface area contributed by atoms with Gasteiger partial charge in [0.05, 0.1) is 26.1 Å². The Kier molecular flexibility index (Phi) is 8.89. The molecule has 0 aliphatic carbocycles. The first kappa shape index (κ1) is 30.7. The van der Waals surface area contributed by atoms with Crippen molar-refractivity contribution in [3.63, 3.8) is 0 Å². The number of hydrogen-bond acceptors (Lipinski definition) is 14. The maximum Gasteiger partial charge on any atom is 1.00 e. The number of fused-ring (bicyclic) bond motifs is 2. The van der Waals surface area contributed by atoms with Crippen molar-refractivity contribution in [2.75, 3.05) is 25.6 Å². The van der Waals surface area contributed by atoms with E-state index in [1.807, 2.05) is 0 Å². The van der Waals surface area contributed by atoms with Crippen molar-refractivity contribution in [2.45, 2.75) is 50.5 Å². The van der Waals surface area contributed by atoms with Crippen LogP contribution in [0.15, 0.2) is 15.9 Å². The summed E-state index contributed by atoms with van der Waals surface area (Å²) in [6.45, 7) is -0.796. The first-order chi connectivity index (χ1) is 18.5. The van der Waals surface area contributed by atoms with Gasteiger partial charge in [-0.05, 0) is 18.4 Å². The van der Waals surface area contributed by atoms with Gasteiger partial charge in [-0.3, -0.25) is 28.0 Å². The summed E-state index contributed by atoms with van der Waals surface area (Å²) in [6.07, 6.45) is -2.04. The number of phosphoric acid groups is 1. The number of nitrogens with one attached hydrogen (secondary N) is 1.